The fourth-order valence-corrected chi connectivity index (χ4v) is 3.70. The highest BCUT2D eigenvalue weighted by Crippen LogP contribution is 2.38. The number of nitrogens with zero attached hydrogens (tertiary/aromatic N) is 2. The maximum absolute atomic E-state index is 13.0. The second-order valence-electron chi connectivity index (χ2n) is 5.07. The average molecular weight is 320 g/mol. The number of hydrogen-bond acceptors (Lipinski definition) is 3. The van der Waals surface area contributed by atoms with Crippen molar-refractivity contribution < 1.29 is 13.9 Å². The average Bonchev–Trinajstić information content (AvgIpc) is 3.13. The van der Waals surface area contributed by atoms with Crippen molar-refractivity contribution in [1.82, 2.24) is 9.47 Å². The Hall–Kier alpha value is -1.79. The molecule has 2 heterocycles. The van der Waals surface area contributed by atoms with Crippen LogP contribution in [0.25, 0.3) is 5.69 Å². The third kappa shape index (κ3) is 3.03. The molecule has 0 N–H and O–H groups in total. The maximum Gasteiger partial charge on any atom is 0.233 e. The number of carbonyl (C=O) groups is 1. The quantitative estimate of drug-likeness (QED) is 0.849. The van der Waals surface area contributed by atoms with E-state index in [2.05, 4.69) is 0 Å². The highest BCUT2D eigenvalue weighted by molar-refractivity contribution is 8.00. The summed E-state index contributed by atoms with van der Waals surface area (Å²) in [6.45, 7) is 1.12. The fourth-order valence-electron chi connectivity index (χ4n) is 2.49. The van der Waals surface area contributed by atoms with Crippen LogP contribution in [0.3, 0.4) is 0 Å². The van der Waals surface area contributed by atoms with Gasteiger partial charge in [0.05, 0.1) is 12.4 Å². The van der Waals surface area contributed by atoms with Crippen molar-refractivity contribution in [2.45, 2.75) is 5.37 Å². The molecule has 1 amide bonds. The number of aromatic nitrogens is 1. The second-order valence-corrected chi connectivity index (χ2v) is 6.14. The number of carbonyl (C=O) groups excluding carboxylic acids is 1. The third-order valence-corrected chi connectivity index (χ3v) is 4.89. The van der Waals surface area contributed by atoms with Crippen molar-refractivity contribution >= 4 is 17.7 Å². The van der Waals surface area contributed by atoms with Crippen LogP contribution >= 0.6 is 11.8 Å². The van der Waals surface area contributed by atoms with Gasteiger partial charge in [-0.2, -0.15) is 0 Å². The molecule has 1 aliphatic rings. The van der Waals surface area contributed by atoms with E-state index in [0.717, 1.165) is 11.3 Å². The van der Waals surface area contributed by atoms with Crippen molar-refractivity contribution in [2.24, 2.45) is 0 Å². The second kappa shape index (κ2) is 6.54. The Bertz CT molecular complexity index is 656. The number of rotatable bonds is 5. The molecular formula is C16H17FN2O2S. The Morgan fingerprint density at radius 3 is 2.82 bits per heavy atom. The van der Waals surface area contributed by atoms with Gasteiger partial charge in [0.2, 0.25) is 5.91 Å². The molecule has 0 spiro atoms. The van der Waals surface area contributed by atoms with Gasteiger partial charge in [-0.05, 0) is 30.3 Å². The molecule has 1 aromatic carbocycles. The summed E-state index contributed by atoms with van der Waals surface area (Å²) in [5.41, 5.74) is 1.96. The lowest BCUT2D eigenvalue weighted by molar-refractivity contribution is -0.128. The first-order valence-corrected chi connectivity index (χ1v) is 8.08. The number of methoxy groups -OCH3 is 1. The number of hydrogen-bond donors (Lipinski definition) is 0. The summed E-state index contributed by atoms with van der Waals surface area (Å²) in [6, 6.07) is 8.34. The van der Waals surface area contributed by atoms with Gasteiger partial charge in [-0.15, -0.1) is 11.8 Å². The molecule has 1 saturated heterocycles. The summed E-state index contributed by atoms with van der Waals surface area (Å²) in [5, 5.41) is 0.0179. The van der Waals surface area contributed by atoms with E-state index in [9.17, 15) is 9.18 Å². The van der Waals surface area contributed by atoms with Crippen molar-refractivity contribution in [3.05, 3.63) is 54.1 Å². The van der Waals surface area contributed by atoms with Crippen LogP contribution in [0.5, 0.6) is 0 Å². The highest BCUT2D eigenvalue weighted by Gasteiger charge is 2.32. The molecule has 1 unspecified atom stereocenters. The van der Waals surface area contributed by atoms with Crippen molar-refractivity contribution in [3.8, 4) is 5.69 Å². The molecule has 1 atom stereocenters. The van der Waals surface area contributed by atoms with E-state index in [-0.39, 0.29) is 17.1 Å². The zero-order chi connectivity index (χ0) is 15.5. The molecule has 0 radical (unpaired) electrons. The largest absolute Gasteiger partial charge is 0.383 e. The van der Waals surface area contributed by atoms with Crippen LogP contribution in [0, 0.1) is 5.82 Å². The van der Waals surface area contributed by atoms with E-state index in [1.165, 1.54) is 12.1 Å². The first kappa shape index (κ1) is 15.1. The number of amides is 1. The van der Waals surface area contributed by atoms with Gasteiger partial charge in [-0.1, -0.05) is 0 Å². The van der Waals surface area contributed by atoms with Crippen LogP contribution in [0.15, 0.2) is 42.7 Å². The Morgan fingerprint density at radius 2 is 2.09 bits per heavy atom. The van der Waals surface area contributed by atoms with Crippen molar-refractivity contribution in [1.29, 1.82) is 0 Å². The van der Waals surface area contributed by atoms with E-state index in [1.54, 1.807) is 31.0 Å². The Balaban J connectivity index is 1.80. The molecule has 2 aromatic rings. The fraction of sp³-hybridized carbons (Fsp3) is 0.312. The topological polar surface area (TPSA) is 34.5 Å². The number of benzene rings is 1. The Labute approximate surface area is 132 Å². The molecule has 3 rings (SSSR count). The lowest BCUT2D eigenvalue weighted by atomic mass is 10.3. The van der Waals surface area contributed by atoms with Crippen molar-refractivity contribution in [3.63, 3.8) is 0 Å². The number of halogens is 1. The maximum atomic E-state index is 13.0. The summed E-state index contributed by atoms with van der Waals surface area (Å²) in [6.07, 6.45) is 3.92. The monoisotopic (exact) mass is 320 g/mol. The zero-order valence-corrected chi connectivity index (χ0v) is 13.1. The number of thioether (sulfide) groups is 1. The van der Waals surface area contributed by atoms with Gasteiger partial charge < -0.3 is 14.2 Å². The van der Waals surface area contributed by atoms with Gasteiger partial charge in [0.25, 0.3) is 0 Å². The van der Waals surface area contributed by atoms with Gasteiger partial charge in [-0.25, -0.2) is 4.39 Å². The molecule has 22 heavy (non-hydrogen) atoms. The first-order valence-electron chi connectivity index (χ1n) is 7.03. The van der Waals surface area contributed by atoms with Crippen LogP contribution < -0.4 is 0 Å². The lowest BCUT2D eigenvalue weighted by Gasteiger charge is -2.22. The molecule has 6 heteroatoms. The van der Waals surface area contributed by atoms with Crippen LogP contribution in [-0.4, -0.2) is 41.4 Å². The standard InChI is InChI=1S/C16H17FN2O2S/c1-21-9-8-19-15(20)11-22-16(19)12-6-7-18(10-12)14-4-2-13(17)3-5-14/h2-7,10,16H,8-9,11H2,1H3. The first-order chi connectivity index (χ1) is 10.7. The molecule has 0 saturated carbocycles. The van der Waals surface area contributed by atoms with Crippen LogP contribution in [0.2, 0.25) is 0 Å². The summed E-state index contributed by atoms with van der Waals surface area (Å²) in [7, 11) is 1.63. The minimum Gasteiger partial charge on any atom is -0.383 e. The Kier molecular flexibility index (Phi) is 4.49. The Morgan fingerprint density at radius 1 is 1.32 bits per heavy atom. The van der Waals surface area contributed by atoms with E-state index in [0.29, 0.717) is 18.9 Å². The summed E-state index contributed by atoms with van der Waals surface area (Å²) >= 11 is 1.62. The van der Waals surface area contributed by atoms with Gasteiger partial charge in [0.15, 0.2) is 0 Å². The zero-order valence-electron chi connectivity index (χ0n) is 12.2. The van der Waals surface area contributed by atoms with Gasteiger partial charge in [0, 0.05) is 37.3 Å². The summed E-state index contributed by atoms with van der Waals surface area (Å²) < 4.78 is 20.0. The van der Waals surface area contributed by atoms with Crippen LogP contribution in [-0.2, 0) is 9.53 Å². The van der Waals surface area contributed by atoms with E-state index >= 15 is 0 Å². The molecular weight excluding hydrogens is 303 g/mol. The molecule has 4 nitrogen and oxygen atoms in total. The normalized spacial score (nSPS) is 18.2. The molecule has 0 aliphatic carbocycles. The SMILES string of the molecule is COCCN1C(=O)CSC1c1ccn(-c2ccc(F)cc2)c1. The molecule has 1 fully saturated rings. The smallest absolute Gasteiger partial charge is 0.233 e. The predicted octanol–water partition coefficient (Wildman–Crippen LogP) is 2.84. The molecule has 1 aromatic heterocycles. The molecule has 0 bridgehead atoms. The predicted molar refractivity (Wildman–Crippen MR) is 84.5 cm³/mol. The number of ether oxygens (including phenoxy) is 1. The summed E-state index contributed by atoms with van der Waals surface area (Å²) in [5.74, 6) is 0.385. The van der Waals surface area contributed by atoms with Gasteiger partial charge in [-0.3, -0.25) is 4.79 Å². The van der Waals surface area contributed by atoms with E-state index in [1.807, 2.05) is 27.9 Å². The van der Waals surface area contributed by atoms with E-state index in [4.69, 9.17) is 4.74 Å². The minimum atomic E-state index is -0.251. The van der Waals surface area contributed by atoms with Gasteiger partial charge >= 0.3 is 0 Å². The molecule has 116 valence electrons. The highest BCUT2D eigenvalue weighted by atomic mass is 32.2. The third-order valence-electron chi connectivity index (χ3n) is 3.63. The lowest BCUT2D eigenvalue weighted by Crippen LogP contribution is -2.31. The van der Waals surface area contributed by atoms with E-state index < -0.39 is 0 Å². The minimum absolute atomic E-state index is 0.0179. The van der Waals surface area contributed by atoms with Gasteiger partial charge in [0.1, 0.15) is 11.2 Å². The summed E-state index contributed by atoms with van der Waals surface area (Å²) in [4.78, 5) is 13.8. The van der Waals surface area contributed by atoms with Crippen LogP contribution in [0.4, 0.5) is 4.39 Å². The molecule has 1 aliphatic heterocycles. The van der Waals surface area contributed by atoms with Crippen LogP contribution in [0.1, 0.15) is 10.9 Å². The van der Waals surface area contributed by atoms with Crippen molar-refractivity contribution in [2.75, 3.05) is 26.0 Å².